The van der Waals surface area contributed by atoms with E-state index in [4.69, 9.17) is 11.6 Å². The molecule has 1 heterocycles. The van der Waals surface area contributed by atoms with E-state index in [0.717, 1.165) is 34.5 Å². The van der Waals surface area contributed by atoms with Gasteiger partial charge >= 0.3 is 0 Å². The number of benzene rings is 2. The van der Waals surface area contributed by atoms with Crippen molar-refractivity contribution in [3.63, 3.8) is 0 Å². The molecule has 0 amide bonds. The second kappa shape index (κ2) is 5.45. The van der Waals surface area contributed by atoms with Gasteiger partial charge in [-0.3, -0.25) is 0 Å². The van der Waals surface area contributed by atoms with Crippen molar-refractivity contribution in [3.8, 4) is 17.0 Å². The van der Waals surface area contributed by atoms with Gasteiger partial charge in [0.2, 0.25) is 0 Å². The first-order chi connectivity index (χ1) is 10.1. The minimum atomic E-state index is 0.307. The number of fused-ring (bicyclic) bond motifs is 1. The highest BCUT2D eigenvalue weighted by atomic mass is 35.5. The molecular weight excluding hydrogens is 282 g/mol. The molecule has 108 valence electrons. The van der Waals surface area contributed by atoms with Gasteiger partial charge < -0.3 is 9.67 Å². The Morgan fingerprint density at radius 2 is 1.81 bits per heavy atom. The lowest BCUT2D eigenvalue weighted by Crippen LogP contribution is -1.99. The molecule has 0 aliphatic rings. The van der Waals surface area contributed by atoms with E-state index < -0.39 is 0 Å². The molecular formula is C18H18ClNO. The third kappa shape index (κ3) is 2.40. The Labute approximate surface area is 129 Å². The van der Waals surface area contributed by atoms with Gasteiger partial charge in [-0.2, -0.15) is 0 Å². The van der Waals surface area contributed by atoms with Crippen molar-refractivity contribution in [2.75, 3.05) is 0 Å². The Morgan fingerprint density at radius 3 is 2.48 bits per heavy atom. The van der Waals surface area contributed by atoms with E-state index in [1.54, 1.807) is 6.07 Å². The van der Waals surface area contributed by atoms with Crippen LogP contribution in [0.1, 0.15) is 18.9 Å². The van der Waals surface area contributed by atoms with Crippen LogP contribution in [0, 0.1) is 6.92 Å². The van der Waals surface area contributed by atoms with E-state index in [0.29, 0.717) is 5.75 Å². The first-order valence-corrected chi connectivity index (χ1v) is 7.57. The molecule has 0 radical (unpaired) electrons. The van der Waals surface area contributed by atoms with Crippen molar-refractivity contribution in [1.82, 2.24) is 4.57 Å². The smallest absolute Gasteiger partial charge is 0.116 e. The van der Waals surface area contributed by atoms with Crippen LogP contribution in [0.4, 0.5) is 0 Å². The monoisotopic (exact) mass is 299 g/mol. The Morgan fingerprint density at radius 1 is 1.10 bits per heavy atom. The summed E-state index contributed by atoms with van der Waals surface area (Å²) in [4.78, 5) is 0. The molecule has 1 aromatic heterocycles. The van der Waals surface area contributed by atoms with Crippen molar-refractivity contribution in [3.05, 3.63) is 53.1 Å². The Kier molecular flexibility index (Phi) is 3.64. The lowest BCUT2D eigenvalue weighted by molar-refractivity contribution is 0.476. The molecule has 0 aliphatic heterocycles. The first-order valence-electron chi connectivity index (χ1n) is 7.19. The molecule has 0 fully saturated rings. The number of phenols is 1. The summed E-state index contributed by atoms with van der Waals surface area (Å²) in [5.41, 5.74) is 4.71. The van der Waals surface area contributed by atoms with Gasteiger partial charge in [-0.1, -0.05) is 30.7 Å². The lowest BCUT2D eigenvalue weighted by atomic mass is 10.1. The van der Waals surface area contributed by atoms with E-state index in [2.05, 4.69) is 30.5 Å². The summed E-state index contributed by atoms with van der Waals surface area (Å²) in [5, 5.41) is 11.6. The molecule has 3 rings (SSSR count). The predicted octanol–water partition coefficient (Wildman–Crippen LogP) is 5.39. The third-order valence-electron chi connectivity index (χ3n) is 3.86. The number of rotatable bonds is 3. The van der Waals surface area contributed by atoms with Crippen molar-refractivity contribution in [2.45, 2.75) is 26.8 Å². The predicted molar refractivity (Wildman–Crippen MR) is 89.1 cm³/mol. The summed E-state index contributed by atoms with van der Waals surface area (Å²) in [5.74, 6) is 0.307. The van der Waals surface area contributed by atoms with E-state index in [9.17, 15) is 5.11 Å². The van der Waals surface area contributed by atoms with Crippen molar-refractivity contribution >= 4 is 22.5 Å². The normalized spacial score (nSPS) is 11.2. The van der Waals surface area contributed by atoms with Gasteiger partial charge in [-0.15, -0.1) is 0 Å². The van der Waals surface area contributed by atoms with E-state index >= 15 is 0 Å². The average Bonchev–Trinajstić information content (AvgIpc) is 2.73. The van der Waals surface area contributed by atoms with Crippen LogP contribution in [0.2, 0.25) is 5.02 Å². The third-order valence-corrected chi connectivity index (χ3v) is 4.12. The number of aryl methyl sites for hydroxylation is 2. The number of aromatic hydroxyl groups is 1. The number of hydrogen-bond donors (Lipinski definition) is 1. The number of aromatic nitrogens is 1. The van der Waals surface area contributed by atoms with Crippen LogP contribution in [-0.4, -0.2) is 9.67 Å². The summed E-state index contributed by atoms with van der Waals surface area (Å²) in [6.07, 6.45) is 1.06. The zero-order valence-electron chi connectivity index (χ0n) is 12.2. The van der Waals surface area contributed by atoms with Crippen LogP contribution in [-0.2, 0) is 6.54 Å². The molecule has 0 atom stereocenters. The molecule has 0 unspecified atom stereocenters. The number of phenolic OH excluding ortho intramolecular Hbond substituents is 1. The van der Waals surface area contributed by atoms with Gasteiger partial charge in [0.25, 0.3) is 0 Å². The minimum Gasteiger partial charge on any atom is -0.508 e. The number of hydrogen-bond acceptors (Lipinski definition) is 1. The van der Waals surface area contributed by atoms with Crippen LogP contribution in [0.15, 0.2) is 42.5 Å². The molecule has 0 spiro atoms. The second-order valence-corrected chi connectivity index (χ2v) is 5.77. The summed E-state index contributed by atoms with van der Waals surface area (Å²) < 4.78 is 2.33. The second-order valence-electron chi connectivity index (χ2n) is 5.33. The molecule has 0 aliphatic carbocycles. The van der Waals surface area contributed by atoms with Gasteiger partial charge in [0.05, 0.1) is 5.69 Å². The summed E-state index contributed by atoms with van der Waals surface area (Å²) in [6, 6.07) is 13.5. The molecule has 3 aromatic rings. The van der Waals surface area contributed by atoms with Crippen molar-refractivity contribution in [1.29, 1.82) is 0 Å². The SMILES string of the molecule is CCCn1c(-c2ccc(Cl)cc2)c(C)c2cc(O)ccc21. The van der Waals surface area contributed by atoms with Gasteiger partial charge in [0, 0.05) is 22.5 Å². The molecule has 0 saturated carbocycles. The Bertz CT molecular complexity index is 787. The largest absolute Gasteiger partial charge is 0.508 e. The van der Waals surface area contributed by atoms with Crippen LogP contribution in [0.3, 0.4) is 0 Å². The summed E-state index contributed by atoms with van der Waals surface area (Å²) in [7, 11) is 0. The summed E-state index contributed by atoms with van der Waals surface area (Å²) in [6.45, 7) is 5.23. The van der Waals surface area contributed by atoms with Crippen LogP contribution in [0.25, 0.3) is 22.2 Å². The molecule has 0 saturated heterocycles. The molecule has 2 aromatic carbocycles. The van der Waals surface area contributed by atoms with Gasteiger partial charge in [0.1, 0.15) is 5.75 Å². The fourth-order valence-corrected chi connectivity index (χ4v) is 3.07. The highest BCUT2D eigenvalue weighted by molar-refractivity contribution is 6.30. The minimum absolute atomic E-state index is 0.307. The first kappa shape index (κ1) is 14.0. The molecule has 1 N–H and O–H groups in total. The maximum Gasteiger partial charge on any atom is 0.116 e. The zero-order valence-corrected chi connectivity index (χ0v) is 13.0. The van der Waals surface area contributed by atoms with Gasteiger partial charge in [-0.05, 0) is 54.8 Å². The molecule has 2 nitrogen and oxygen atoms in total. The fourth-order valence-electron chi connectivity index (χ4n) is 2.95. The van der Waals surface area contributed by atoms with Gasteiger partial charge in [-0.25, -0.2) is 0 Å². The Hall–Kier alpha value is -1.93. The number of halogens is 1. The van der Waals surface area contributed by atoms with E-state index in [1.165, 1.54) is 11.3 Å². The van der Waals surface area contributed by atoms with E-state index in [-0.39, 0.29) is 0 Å². The topological polar surface area (TPSA) is 25.2 Å². The molecule has 21 heavy (non-hydrogen) atoms. The highest BCUT2D eigenvalue weighted by Crippen LogP contribution is 2.35. The lowest BCUT2D eigenvalue weighted by Gasteiger charge is -2.11. The maximum absolute atomic E-state index is 9.76. The average molecular weight is 300 g/mol. The van der Waals surface area contributed by atoms with Crippen LogP contribution >= 0.6 is 11.6 Å². The zero-order chi connectivity index (χ0) is 15.0. The quantitative estimate of drug-likeness (QED) is 0.689. The Balaban J connectivity index is 2.32. The van der Waals surface area contributed by atoms with Crippen LogP contribution in [0.5, 0.6) is 5.75 Å². The van der Waals surface area contributed by atoms with Crippen LogP contribution < -0.4 is 0 Å². The standard InChI is InChI=1S/C18H18ClNO/c1-3-10-20-17-9-8-15(21)11-16(17)12(2)18(20)13-4-6-14(19)7-5-13/h4-9,11,21H,3,10H2,1-2H3. The number of nitrogens with zero attached hydrogens (tertiary/aromatic N) is 1. The van der Waals surface area contributed by atoms with Crippen molar-refractivity contribution in [2.24, 2.45) is 0 Å². The fraction of sp³-hybridized carbons (Fsp3) is 0.222. The highest BCUT2D eigenvalue weighted by Gasteiger charge is 2.15. The molecule has 3 heteroatoms. The van der Waals surface area contributed by atoms with Crippen molar-refractivity contribution < 1.29 is 5.11 Å². The molecule has 0 bridgehead atoms. The summed E-state index contributed by atoms with van der Waals surface area (Å²) >= 11 is 6.00. The maximum atomic E-state index is 9.76. The van der Waals surface area contributed by atoms with E-state index in [1.807, 2.05) is 24.3 Å². The van der Waals surface area contributed by atoms with Gasteiger partial charge in [0.15, 0.2) is 0 Å².